The summed E-state index contributed by atoms with van der Waals surface area (Å²) in [5.74, 6) is 1.41. The molecule has 0 saturated heterocycles. The Hall–Kier alpha value is -1.75. The SMILES string of the molecule is COc1ccc2nc(N)n(CCN(C)C3CC3)c2c1. The van der Waals surface area contributed by atoms with E-state index in [1.165, 1.54) is 12.8 Å². The standard InChI is InChI=1S/C14H20N4O/c1-17(10-3-4-10)7-8-18-13-9-11(19-2)5-6-12(13)16-14(18)15/h5-6,9-10H,3-4,7-8H2,1-2H3,(H2,15,16). The van der Waals surface area contributed by atoms with Crippen LogP contribution in [-0.2, 0) is 6.54 Å². The van der Waals surface area contributed by atoms with Gasteiger partial charge in [0.25, 0.3) is 0 Å². The summed E-state index contributed by atoms with van der Waals surface area (Å²) in [6.45, 7) is 1.86. The number of aromatic nitrogens is 2. The number of nitrogen functional groups attached to an aromatic ring is 1. The molecular weight excluding hydrogens is 240 g/mol. The lowest BCUT2D eigenvalue weighted by Crippen LogP contribution is -2.25. The highest BCUT2D eigenvalue weighted by Gasteiger charge is 2.25. The molecule has 0 unspecified atom stereocenters. The Bertz CT molecular complexity index is 588. The van der Waals surface area contributed by atoms with Gasteiger partial charge < -0.3 is 19.9 Å². The van der Waals surface area contributed by atoms with Crippen molar-refractivity contribution in [2.45, 2.75) is 25.4 Å². The van der Waals surface area contributed by atoms with Crippen LogP contribution >= 0.6 is 0 Å². The van der Waals surface area contributed by atoms with Crippen LogP contribution in [0.5, 0.6) is 5.75 Å². The Morgan fingerprint density at radius 2 is 2.26 bits per heavy atom. The van der Waals surface area contributed by atoms with Crippen LogP contribution in [0.3, 0.4) is 0 Å². The van der Waals surface area contributed by atoms with E-state index in [1.54, 1.807) is 7.11 Å². The van der Waals surface area contributed by atoms with Gasteiger partial charge in [-0.1, -0.05) is 0 Å². The largest absolute Gasteiger partial charge is 0.497 e. The lowest BCUT2D eigenvalue weighted by molar-refractivity contribution is 0.311. The number of benzene rings is 1. The Balaban J connectivity index is 1.85. The second-order valence-corrected chi connectivity index (χ2v) is 5.19. The zero-order chi connectivity index (χ0) is 13.4. The van der Waals surface area contributed by atoms with Gasteiger partial charge in [-0.2, -0.15) is 0 Å². The molecule has 1 aromatic heterocycles. The summed E-state index contributed by atoms with van der Waals surface area (Å²) in [7, 11) is 3.85. The van der Waals surface area contributed by atoms with Crippen molar-refractivity contribution < 1.29 is 4.74 Å². The van der Waals surface area contributed by atoms with Crippen molar-refractivity contribution in [1.82, 2.24) is 14.5 Å². The third kappa shape index (κ3) is 2.38. The first-order chi connectivity index (χ1) is 9.19. The van der Waals surface area contributed by atoms with Gasteiger partial charge in [-0.05, 0) is 32.0 Å². The molecular formula is C14H20N4O. The Kier molecular flexibility index (Phi) is 3.06. The molecule has 5 nitrogen and oxygen atoms in total. The predicted octanol–water partition coefficient (Wildman–Crippen LogP) is 1.72. The molecule has 0 amide bonds. The third-order valence-corrected chi connectivity index (χ3v) is 3.83. The van der Waals surface area contributed by atoms with E-state index in [0.29, 0.717) is 5.95 Å². The van der Waals surface area contributed by atoms with E-state index in [9.17, 15) is 0 Å². The van der Waals surface area contributed by atoms with Gasteiger partial charge in [0.1, 0.15) is 5.75 Å². The van der Waals surface area contributed by atoms with Crippen molar-refractivity contribution in [3.05, 3.63) is 18.2 Å². The minimum atomic E-state index is 0.576. The fourth-order valence-corrected chi connectivity index (χ4v) is 2.44. The summed E-state index contributed by atoms with van der Waals surface area (Å²) in [5.41, 5.74) is 7.98. The third-order valence-electron chi connectivity index (χ3n) is 3.83. The van der Waals surface area contributed by atoms with E-state index < -0.39 is 0 Å². The molecule has 2 aromatic rings. The number of imidazole rings is 1. The van der Waals surface area contributed by atoms with E-state index >= 15 is 0 Å². The molecule has 1 aliphatic rings. The summed E-state index contributed by atoms with van der Waals surface area (Å²) >= 11 is 0. The molecule has 0 atom stereocenters. The Morgan fingerprint density at radius 3 is 2.95 bits per heavy atom. The highest BCUT2D eigenvalue weighted by Crippen LogP contribution is 2.26. The van der Waals surface area contributed by atoms with Crippen LogP contribution in [0.25, 0.3) is 11.0 Å². The van der Waals surface area contributed by atoms with Crippen LogP contribution in [-0.4, -0.2) is 41.2 Å². The van der Waals surface area contributed by atoms with Crippen LogP contribution in [0.4, 0.5) is 5.95 Å². The maximum absolute atomic E-state index is 6.02. The topological polar surface area (TPSA) is 56.3 Å². The fourth-order valence-electron chi connectivity index (χ4n) is 2.44. The van der Waals surface area contributed by atoms with Crippen LogP contribution in [0.15, 0.2) is 18.2 Å². The molecule has 1 aromatic carbocycles. The average molecular weight is 260 g/mol. The molecule has 2 N–H and O–H groups in total. The maximum atomic E-state index is 6.02. The molecule has 3 rings (SSSR count). The molecule has 0 radical (unpaired) electrons. The van der Waals surface area contributed by atoms with Gasteiger partial charge in [0.15, 0.2) is 0 Å². The van der Waals surface area contributed by atoms with Gasteiger partial charge in [0.05, 0.1) is 18.1 Å². The summed E-state index contributed by atoms with van der Waals surface area (Å²) in [4.78, 5) is 6.79. The van der Waals surface area contributed by atoms with Crippen LogP contribution < -0.4 is 10.5 Å². The second-order valence-electron chi connectivity index (χ2n) is 5.19. The minimum absolute atomic E-state index is 0.576. The minimum Gasteiger partial charge on any atom is -0.497 e. The smallest absolute Gasteiger partial charge is 0.201 e. The number of likely N-dealkylation sites (N-methyl/N-ethyl adjacent to an activating group) is 1. The first-order valence-electron chi connectivity index (χ1n) is 6.69. The number of fused-ring (bicyclic) bond motifs is 1. The quantitative estimate of drug-likeness (QED) is 0.889. The highest BCUT2D eigenvalue weighted by molar-refractivity contribution is 5.79. The van der Waals surface area contributed by atoms with E-state index in [-0.39, 0.29) is 0 Å². The normalized spacial score (nSPS) is 15.3. The average Bonchev–Trinajstić information content (AvgIpc) is 3.20. The number of anilines is 1. The maximum Gasteiger partial charge on any atom is 0.201 e. The molecule has 5 heteroatoms. The summed E-state index contributed by atoms with van der Waals surface area (Å²) in [6, 6.07) is 6.63. The number of nitrogens with two attached hydrogens (primary N) is 1. The van der Waals surface area contributed by atoms with Crippen molar-refractivity contribution in [1.29, 1.82) is 0 Å². The van der Waals surface area contributed by atoms with Gasteiger partial charge in [-0.25, -0.2) is 4.98 Å². The lowest BCUT2D eigenvalue weighted by atomic mass is 10.3. The lowest BCUT2D eigenvalue weighted by Gasteiger charge is -2.16. The predicted molar refractivity (Wildman–Crippen MR) is 76.3 cm³/mol. The molecule has 1 aliphatic carbocycles. The first-order valence-corrected chi connectivity index (χ1v) is 6.69. The summed E-state index contributed by atoms with van der Waals surface area (Å²) in [6.07, 6.45) is 2.65. The van der Waals surface area contributed by atoms with Crippen molar-refractivity contribution in [3.63, 3.8) is 0 Å². The van der Waals surface area contributed by atoms with E-state index in [2.05, 4.69) is 21.5 Å². The molecule has 0 bridgehead atoms. The molecule has 0 spiro atoms. The molecule has 1 saturated carbocycles. The number of ether oxygens (including phenoxy) is 1. The molecule has 1 heterocycles. The molecule has 19 heavy (non-hydrogen) atoms. The zero-order valence-electron chi connectivity index (χ0n) is 11.5. The Labute approximate surface area is 113 Å². The van der Waals surface area contributed by atoms with E-state index in [4.69, 9.17) is 10.5 Å². The number of rotatable bonds is 5. The fraction of sp³-hybridized carbons (Fsp3) is 0.500. The van der Waals surface area contributed by atoms with Crippen LogP contribution in [0.1, 0.15) is 12.8 Å². The van der Waals surface area contributed by atoms with Gasteiger partial charge in [-0.3, -0.25) is 0 Å². The molecule has 102 valence electrons. The van der Waals surface area contributed by atoms with E-state index in [1.807, 2.05) is 18.2 Å². The zero-order valence-corrected chi connectivity index (χ0v) is 11.5. The summed E-state index contributed by atoms with van der Waals surface area (Å²) < 4.78 is 7.33. The van der Waals surface area contributed by atoms with Gasteiger partial charge in [0.2, 0.25) is 5.95 Å². The number of hydrogen-bond donors (Lipinski definition) is 1. The monoisotopic (exact) mass is 260 g/mol. The van der Waals surface area contributed by atoms with Crippen molar-refractivity contribution in [3.8, 4) is 5.75 Å². The van der Waals surface area contributed by atoms with Crippen LogP contribution in [0.2, 0.25) is 0 Å². The second kappa shape index (κ2) is 4.74. The van der Waals surface area contributed by atoms with Gasteiger partial charge in [-0.15, -0.1) is 0 Å². The van der Waals surface area contributed by atoms with Gasteiger partial charge >= 0.3 is 0 Å². The molecule has 0 aliphatic heterocycles. The number of methoxy groups -OCH3 is 1. The summed E-state index contributed by atoms with van der Waals surface area (Å²) in [5, 5.41) is 0. The van der Waals surface area contributed by atoms with Crippen LogP contribution in [0, 0.1) is 0 Å². The first kappa shape index (κ1) is 12.3. The van der Waals surface area contributed by atoms with E-state index in [0.717, 1.165) is 35.9 Å². The van der Waals surface area contributed by atoms with Gasteiger partial charge in [0, 0.05) is 25.2 Å². The van der Waals surface area contributed by atoms with Crippen molar-refractivity contribution in [2.24, 2.45) is 0 Å². The van der Waals surface area contributed by atoms with Crippen molar-refractivity contribution >= 4 is 17.0 Å². The van der Waals surface area contributed by atoms with Crippen molar-refractivity contribution in [2.75, 3.05) is 26.4 Å². The number of hydrogen-bond acceptors (Lipinski definition) is 4. The highest BCUT2D eigenvalue weighted by atomic mass is 16.5. The number of nitrogens with zero attached hydrogens (tertiary/aromatic N) is 3. The Morgan fingerprint density at radius 1 is 1.47 bits per heavy atom. The molecule has 1 fully saturated rings.